The van der Waals surface area contributed by atoms with Gasteiger partial charge in [-0.3, -0.25) is 4.79 Å². The van der Waals surface area contributed by atoms with E-state index in [-0.39, 0.29) is 38.3 Å². The molecule has 1 atom stereocenters. The number of benzene rings is 1. The second-order valence-corrected chi connectivity index (χ2v) is 6.18. The summed E-state index contributed by atoms with van der Waals surface area (Å²) in [4.78, 5) is 12.2. The lowest BCUT2D eigenvalue weighted by Gasteiger charge is -2.25. The van der Waals surface area contributed by atoms with Crippen LogP contribution in [0.3, 0.4) is 0 Å². The quantitative estimate of drug-likeness (QED) is 0.879. The highest BCUT2D eigenvalue weighted by molar-refractivity contribution is 5.79. The second-order valence-electron chi connectivity index (χ2n) is 6.18. The first kappa shape index (κ1) is 18.2. The van der Waals surface area contributed by atoms with Gasteiger partial charge in [0.1, 0.15) is 11.6 Å². The topological polar surface area (TPSA) is 69.0 Å². The predicted octanol–water partition coefficient (Wildman–Crippen LogP) is 2.27. The van der Waals surface area contributed by atoms with Crippen LogP contribution in [0.2, 0.25) is 0 Å². The maximum atomic E-state index is 12.8. The number of hydrogen-bond acceptors (Lipinski definition) is 4. The molecule has 1 aliphatic heterocycles. The van der Waals surface area contributed by atoms with E-state index in [4.69, 9.17) is 4.74 Å². The summed E-state index contributed by atoms with van der Waals surface area (Å²) in [5.74, 6) is -0.203. The largest absolute Gasteiger partial charge is 0.496 e. The Bertz CT molecular complexity index is 789. The van der Waals surface area contributed by atoms with Crippen molar-refractivity contribution in [1.29, 1.82) is 0 Å². The van der Waals surface area contributed by atoms with Crippen LogP contribution in [0.5, 0.6) is 5.75 Å². The third kappa shape index (κ3) is 3.97. The molecular weight excluding hydrogens is 349 g/mol. The SMILES string of the molecule is COc1ccccc1CC(=O)NCc1nnc2n1CC[C@H](C(F)(F)F)C2. The molecule has 0 saturated carbocycles. The van der Waals surface area contributed by atoms with Crippen molar-refractivity contribution in [3.8, 4) is 5.75 Å². The number of fused-ring (bicyclic) bond motifs is 1. The van der Waals surface area contributed by atoms with Crippen molar-refractivity contribution in [3.63, 3.8) is 0 Å². The predicted molar refractivity (Wildman–Crippen MR) is 86.4 cm³/mol. The van der Waals surface area contributed by atoms with Gasteiger partial charge in [0, 0.05) is 18.5 Å². The summed E-state index contributed by atoms with van der Waals surface area (Å²) < 4.78 is 45.4. The Morgan fingerprint density at radius 3 is 2.85 bits per heavy atom. The Morgan fingerprint density at radius 1 is 1.35 bits per heavy atom. The first-order valence-electron chi connectivity index (χ1n) is 8.24. The number of nitrogens with zero attached hydrogens (tertiary/aromatic N) is 3. The lowest BCUT2D eigenvalue weighted by atomic mass is 9.97. The van der Waals surface area contributed by atoms with Crippen LogP contribution in [0.15, 0.2) is 24.3 Å². The van der Waals surface area contributed by atoms with E-state index in [1.54, 1.807) is 16.7 Å². The van der Waals surface area contributed by atoms with Crippen molar-refractivity contribution >= 4 is 5.91 Å². The minimum Gasteiger partial charge on any atom is -0.496 e. The molecular formula is C17H19F3N4O2. The Labute approximate surface area is 148 Å². The van der Waals surface area contributed by atoms with E-state index in [0.29, 0.717) is 17.4 Å². The molecule has 2 heterocycles. The van der Waals surface area contributed by atoms with Crippen LogP contribution >= 0.6 is 0 Å². The molecule has 140 valence electrons. The summed E-state index contributed by atoms with van der Waals surface area (Å²) in [5, 5.41) is 10.5. The second kappa shape index (κ2) is 7.35. The molecule has 0 radical (unpaired) electrons. The van der Waals surface area contributed by atoms with Gasteiger partial charge in [-0.15, -0.1) is 10.2 Å². The van der Waals surface area contributed by atoms with Crippen LogP contribution in [-0.4, -0.2) is 34.0 Å². The van der Waals surface area contributed by atoms with E-state index in [0.717, 1.165) is 5.56 Å². The summed E-state index contributed by atoms with van der Waals surface area (Å²) in [7, 11) is 1.54. The van der Waals surface area contributed by atoms with Gasteiger partial charge in [0.15, 0.2) is 5.82 Å². The van der Waals surface area contributed by atoms with E-state index in [2.05, 4.69) is 15.5 Å². The lowest BCUT2D eigenvalue weighted by Crippen LogP contribution is -2.32. The van der Waals surface area contributed by atoms with Crippen LogP contribution in [0, 0.1) is 5.92 Å². The van der Waals surface area contributed by atoms with Gasteiger partial charge in [0.2, 0.25) is 5.91 Å². The molecule has 1 amide bonds. The van der Waals surface area contributed by atoms with E-state index in [9.17, 15) is 18.0 Å². The number of alkyl halides is 3. The number of rotatable bonds is 5. The van der Waals surface area contributed by atoms with E-state index in [1.165, 1.54) is 7.11 Å². The fourth-order valence-corrected chi connectivity index (χ4v) is 3.06. The number of carbonyl (C=O) groups excluding carboxylic acids is 1. The highest BCUT2D eigenvalue weighted by Gasteiger charge is 2.42. The molecule has 0 bridgehead atoms. The Hall–Kier alpha value is -2.58. The first-order valence-corrected chi connectivity index (χ1v) is 8.24. The van der Waals surface area contributed by atoms with E-state index >= 15 is 0 Å². The maximum Gasteiger partial charge on any atom is 0.392 e. The van der Waals surface area contributed by atoms with Crippen LogP contribution in [0.4, 0.5) is 13.2 Å². The molecule has 1 N–H and O–H groups in total. The molecule has 9 heteroatoms. The van der Waals surface area contributed by atoms with Crippen LogP contribution in [0.25, 0.3) is 0 Å². The summed E-state index contributed by atoms with van der Waals surface area (Å²) in [6.07, 6.45) is -4.26. The highest BCUT2D eigenvalue weighted by Crippen LogP contribution is 2.34. The average molecular weight is 368 g/mol. The number of ether oxygens (including phenoxy) is 1. The Kier molecular flexibility index (Phi) is 5.15. The van der Waals surface area contributed by atoms with E-state index in [1.807, 2.05) is 12.1 Å². The van der Waals surface area contributed by atoms with Crippen molar-refractivity contribution in [2.75, 3.05) is 7.11 Å². The number of para-hydroxylation sites is 1. The molecule has 1 aliphatic rings. The zero-order valence-corrected chi connectivity index (χ0v) is 14.2. The molecule has 1 aromatic heterocycles. The molecule has 0 fully saturated rings. The number of hydrogen-bond donors (Lipinski definition) is 1. The normalized spacial score (nSPS) is 16.8. The molecule has 0 spiro atoms. The number of amides is 1. The lowest BCUT2D eigenvalue weighted by molar-refractivity contribution is -0.179. The van der Waals surface area contributed by atoms with E-state index < -0.39 is 12.1 Å². The molecule has 0 aliphatic carbocycles. The van der Waals surface area contributed by atoms with Crippen LogP contribution in [-0.2, 0) is 30.7 Å². The number of aromatic nitrogens is 3. The molecule has 0 unspecified atom stereocenters. The molecule has 3 rings (SSSR count). The zero-order chi connectivity index (χ0) is 18.7. The first-order chi connectivity index (χ1) is 12.4. The number of carbonyl (C=O) groups is 1. The Morgan fingerprint density at radius 2 is 2.12 bits per heavy atom. The maximum absolute atomic E-state index is 12.8. The third-order valence-corrected chi connectivity index (χ3v) is 4.48. The summed E-state index contributed by atoms with van der Waals surface area (Å²) in [6.45, 7) is 0.321. The monoisotopic (exact) mass is 368 g/mol. The van der Waals surface area contributed by atoms with Crippen molar-refractivity contribution in [1.82, 2.24) is 20.1 Å². The van der Waals surface area contributed by atoms with Crippen molar-refractivity contribution in [3.05, 3.63) is 41.5 Å². The van der Waals surface area contributed by atoms with Gasteiger partial charge >= 0.3 is 6.18 Å². The average Bonchev–Trinajstić information content (AvgIpc) is 3.02. The van der Waals surface area contributed by atoms with Gasteiger partial charge in [0.05, 0.1) is 26.0 Å². The van der Waals surface area contributed by atoms with Gasteiger partial charge in [-0.05, 0) is 12.5 Å². The van der Waals surface area contributed by atoms with Crippen molar-refractivity contribution in [2.24, 2.45) is 5.92 Å². The third-order valence-electron chi connectivity index (χ3n) is 4.48. The van der Waals surface area contributed by atoms with Gasteiger partial charge < -0.3 is 14.6 Å². The van der Waals surface area contributed by atoms with Crippen molar-refractivity contribution in [2.45, 2.75) is 38.5 Å². The fourth-order valence-electron chi connectivity index (χ4n) is 3.06. The number of nitrogens with one attached hydrogen (secondary N) is 1. The van der Waals surface area contributed by atoms with Crippen LogP contribution < -0.4 is 10.1 Å². The molecule has 26 heavy (non-hydrogen) atoms. The highest BCUT2D eigenvalue weighted by atomic mass is 19.4. The summed E-state index contributed by atoms with van der Waals surface area (Å²) in [6, 6.07) is 7.21. The standard InChI is InChI=1S/C17H19F3N4O2/c1-26-13-5-3-2-4-11(13)8-16(25)21-10-15-23-22-14-9-12(17(18,19)20)6-7-24(14)15/h2-5,12H,6-10H2,1H3,(H,21,25)/t12-/m0/s1. The van der Waals surface area contributed by atoms with Gasteiger partial charge in [-0.25, -0.2) is 0 Å². The smallest absolute Gasteiger partial charge is 0.392 e. The minimum atomic E-state index is -4.22. The summed E-state index contributed by atoms with van der Waals surface area (Å²) in [5.41, 5.74) is 0.754. The Balaban J connectivity index is 1.59. The van der Waals surface area contributed by atoms with Crippen LogP contribution in [0.1, 0.15) is 23.6 Å². The zero-order valence-electron chi connectivity index (χ0n) is 14.2. The van der Waals surface area contributed by atoms with Gasteiger partial charge in [0.25, 0.3) is 0 Å². The summed E-state index contributed by atoms with van der Waals surface area (Å²) >= 11 is 0. The van der Waals surface area contributed by atoms with Crippen molar-refractivity contribution < 1.29 is 22.7 Å². The van der Waals surface area contributed by atoms with Gasteiger partial charge in [-0.2, -0.15) is 13.2 Å². The number of halogens is 3. The molecule has 0 saturated heterocycles. The number of methoxy groups -OCH3 is 1. The van der Waals surface area contributed by atoms with Gasteiger partial charge in [-0.1, -0.05) is 18.2 Å². The minimum absolute atomic E-state index is 0.00327. The fraction of sp³-hybridized carbons (Fsp3) is 0.471. The molecule has 2 aromatic rings. The molecule has 1 aromatic carbocycles. The molecule has 6 nitrogen and oxygen atoms in total.